The Morgan fingerprint density at radius 2 is 1.97 bits per heavy atom. The molecule has 1 aliphatic rings. The summed E-state index contributed by atoms with van der Waals surface area (Å²) in [5, 5.41) is 23.7. The first kappa shape index (κ1) is 26.1. The second-order valence-electron chi connectivity index (χ2n) is 9.43. The molecule has 1 saturated carbocycles. The highest BCUT2D eigenvalue weighted by Gasteiger charge is 2.28. The average Bonchev–Trinajstić information content (AvgIpc) is 3.28. The zero-order valence-corrected chi connectivity index (χ0v) is 21.5. The van der Waals surface area contributed by atoms with Gasteiger partial charge in [-0.25, -0.2) is 14.5 Å². The minimum Gasteiger partial charge on any atom is -0.489 e. The molecule has 37 heavy (non-hydrogen) atoms. The van der Waals surface area contributed by atoms with Gasteiger partial charge in [-0.05, 0) is 56.7 Å². The van der Waals surface area contributed by atoms with Crippen LogP contribution in [-0.2, 0) is 18.4 Å². The third-order valence-corrected chi connectivity index (χ3v) is 6.82. The van der Waals surface area contributed by atoms with Crippen molar-refractivity contribution in [2.45, 2.75) is 64.6 Å². The molecule has 0 radical (unpaired) electrons. The number of carbonyl (C=O) groups excluding carboxylic acids is 1. The van der Waals surface area contributed by atoms with Crippen molar-refractivity contribution in [3.8, 4) is 17.1 Å². The molecule has 0 spiro atoms. The van der Waals surface area contributed by atoms with Crippen molar-refractivity contribution >= 4 is 12.0 Å². The number of aryl methyl sites for hydroxylation is 2. The van der Waals surface area contributed by atoms with Crippen LogP contribution in [0.1, 0.15) is 62.0 Å². The summed E-state index contributed by atoms with van der Waals surface area (Å²) in [5.74, 6) is -0.492. The van der Waals surface area contributed by atoms with Gasteiger partial charge in [0.25, 0.3) is 0 Å². The predicted octanol–water partition coefficient (Wildman–Crippen LogP) is 4.16. The summed E-state index contributed by atoms with van der Waals surface area (Å²) in [6, 6.07) is 13.2. The van der Waals surface area contributed by atoms with Gasteiger partial charge in [0.05, 0.1) is 41.7 Å². The maximum Gasteiger partial charge on any atom is 0.315 e. The molecule has 196 valence electrons. The Bertz CT molecular complexity index is 1230. The number of nitrogens with one attached hydrogen (secondary N) is 2. The van der Waals surface area contributed by atoms with Crippen LogP contribution in [0.4, 0.5) is 4.79 Å². The van der Waals surface area contributed by atoms with Crippen LogP contribution in [0.5, 0.6) is 5.75 Å². The second kappa shape index (κ2) is 11.9. The van der Waals surface area contributed by atoms with E-state index in [1.165, 1.54) is 0 Å². The van der Waals surface area contributed by atoms with E-state index >= 15 is 0 Å². The van der Waals surface area contributed by atoms with Gasteiger partial charge < -0.3 is 20.5 Å². The second-order valence-corrected chi connectivity index (χ2v) is 9.43. The van der Waals surface area contributed by atoms with Gasteiger partial charge in [-0.2, -0.15) is 0 Å². The summed E-state index contributed by atoms with van der Waals surface area (Å²) in [5.41, 5.74) is 3.66. The van der Waals surface area contributed by atoms with Gasteiger partial charge in [0.2, 0.25) is 0 Å². The van der Waals surface area contributed by atoms with Gasteiger partial charge in [0, 0.05) is 7.05 Å². The number of hydrogen-bond acceptors (Lipinski definition) is 6. The number of rotatable bonds is 9. The smallest absolute Gasteiger partial charge is 0.315 e. The van der Waals surface area contributed by atoms with E-state index in [2.05, 4.69) is 25.9 Å². The van der Waals surface area contributed by atoms with E-state index in [1.807, 2.05) is 56.3 Å². The molecule has 0 aliphatic heterocycles. The van der Waals surface area contributed by atoms with Crippen molar-refractivity contribution in [3.63, 3.8) is 0 Å². The fourth-order valence-electron chi connectivity index (χ4n) is 4.71. The quantitative estimate of drug-likeness (QED) is 0.397. The first-order chi connectivity index (χ1) is 17.9. The first-order valence-corrected chi connectivity index (χ1v) is 12.7. The van der Waals surface area contributed by atoms with Crippen LogP contribution >= 0.6 is 0 Å². The van der Waals surface area contributed by atoms with Crippen molar-refractivity contribution in [1.29, 1.82) is 0 Å². The highest BCUT2D eigenvalue weighted by atomic mass is 16.5. The molecule has 10 nitrogen and oxygen atoms in total. The maximum absolute atomic E-state index is 12.7. The van der Waals surface area contributed by atoms with Crippen LogP contribution in [0.2, 0.25) is 0 Å². The van der Waals surface area contributed by atoms with Crippen molar-refractivity contribution in [1.82, 2.24) is 30.6 Å². The molecule has 0 bridgehead atoms. The molecule has 2 aromatic heterocycles. The van der Waals surface area contributed by atoms with E-state index in [0.717, 1.165) is 30.5 Å². The lowest BCUT2D eigenvalue weighted by Crippen LogP contribution is -2.37. The molecule has 3 N–H and O–H groups in total. The van der Waals surface area contributed by atoms with Crippen molar-refractivity contribution in [2.75, 3.05) is 0 Å². The van der Waals surface area contributed by atoms with E-state index in [4.69, 9.17) is 4.74 Å². The minimum absolute atomic E-state index is 0.0860. The number of hydrogen-bond donors (Lipinski definition) is 3. The fourth-order valence-corrected chi connectivity index (χ4v) is 4.71. The van der Waals surface area contributed by atoms with Gasteiger partial charge >= 0.3 is 12.0 Å². The fraction of sp³-hybridized carbons (Fsp3) is 0.444. The molecule has 0 saturated heterocycles. The molecule has 2 amide bonds. The number of benzene rings is 1. The molecule has 1 unspecified atom stereocenters. The highest BCUT2D eigenvalue weighted by Crippen LogP contribution is 2.30. The minimum atomic E-state index is -0.763. The van der Waals surface area contributed by atoms with Crippen LogP contribution in [-0.4, -0.2) is 43.2 Å². The van der Waals surface area contributed by atoms with E-state index in [1.54, 1.807) is 11.7 Å². The number of carbonyl (C=O) groups is 2. The van der Waals surface area contributed by atoms with Crippen LogP contribution in [0.25, 0.3) is 11.4 Å². The molecule has 4 rings (SSSR count). The number of aromatic nitrogens is 4. The number of carboxylic acid groups (broad SMARTS) is 1. The molecular weight excluding hydrogens is 472 g/mol. The predicted molar refractivity (Wildman–Crippen MR) is 138 cm³/mol. The maximum atomic E-state index is 12.7. The van der Waals surface area contributed by atoms with Crippen LogP contribution in [0.15, 0.2) is 42.5 Å². The topological polar surface area (TPSA) is 131 Å². The van der Waals surface area contributed by atoms with E-state index in [9.17, 15) is 14.7 Å². The van der Waals surface area contributed by atoms with Crippen molar-refractivity contribution in [3.05, 3.63) is 59.4 Å². The van der Waals surface area contributed by atoms with Gasteiger partial charge in [-0.3, -0.25) is 4.79 Å². The lowest BCUT2D eigenvalue weighted by molar-refractivity contribution is -0.143. The van der Waals surface area contributed by atoms with Crippen molar-refractivity contribution in [2.24, 2.45) is 13.0 Å². The summed E-state index contributed by atoms with van der Waals surface area (Å²) < 4.78 is 7.75. The molecule has 2 heterocycles. The number of ether oxygens (including phenoxy) is 1. The van der Waals surface area contributed by atoms with E-state index < -0.39 is 5.97 Å². The number of nitrogens with zero attached hydrogens (tertiary/aromatic N) is 4. The third kappa shape index (κ3) is 6.44. The van der Waals surface area contributed by atoms with Crippen LogP contribution in [0, 0.1) is 12.8 Å². The standard InChI is InChI=1S/C27H34N6O4/c1-4-21(18-9-6-5-7-10-18)30-27(36)28-16-23-25(31-32-33(23)3)22-13-14-24(17(2)29-22)37-20-12-8-11-19(15-20)26(34)35/h5-7,9-10,13-14,19-21H,4,8,11-12,15-16H2,1-3H3,(H,34,35)(H2,28,30,36)/t19-,20-,21?/m0/s1. The van der Waals surface area contributed by atoms with Gasteiger partial charge in [-0.1, -0.05) is 42.5 Å². The molecule has 1 aliphatic carbocycles. The molecule has 1 aromatic carbocycles. The summed E-state index contributed by atoms with van der Waals surface area (Å²) in [4.78, 5) is 28.7. The van der Waals surface area contributed by atoms with E-state index in [-0.39, 0.29) is 30.6 Å². The molecule has 10 heteroatoms. The number of aliphatic carboxylic acids is 1. The summed E-state index contributed by atoms with van der Waals surface area (Å²) in [7, 11) is 1.77. The molecular formula is C27H34N6O4. The largest absolute Gasteiger partial charge is 0.489 e. The zero-order chi connectivity index (χ0) is 26.4. The molecule has 3 aromatic rings. The number of pyridine rings is 1. The number of amides is 2. The third-order valence-electron chi connectivity index (χ3n) is 6.82. The normalized spacial score (nSPS) is 18.1. The van der Waals surface area contributed by atoms with Gasteiger partial charge in [0.15, 0.2) is 0 Å². The number of carboxylic acids is 1. The van der Waals surface area contributed by atoms with Crippen LogP contribution in [0.3, 0.4) is 0 Å². The van der Waals surface area contributed by atoms with Crippen LogP contribution < -0.4 is 15.4 Å². The Morgan fingerprint density at radius 1 is 1.19 bits per heavy atom. The summed E-state index contributed by atoms with van der Waals surface area (Å²) in [6.45, 7) is 4.11. The number of urea groups is 1. The average molecular weight is 507 g/mol. The van der Waals surface area contributed by atoms with Gasteiger partial charge in [-0.15, -0.1) is 5.10 Å². The Hall–Kier alpha value is -3.95. The Balaban J connectivity index is 1.41. The molecule has 1 fully saturated rings. The Morgan fingerprint density at radius 3 is 2.68 bits per heavy atom. The highest BCUT2D eigenvalue weighted by molar-refractivity contribution is 5.74. The summed E-state index contributed by atoms with van der Waals surface area (Å²) >= 11 is 0. The SMILES string of the molecule is CCC(NC(=O)NCc1c(-c2ccc(O[C@H]3CCC[C@H](C(=O)O)C3)c(C)n2)nnn1C)c1ccccc1. The lowest BCUT2D eigenvalue weighted by atomic mass is 9.87. The zero-order valence-electron chi connectivity index (χ0n) is 21.5. The molecule has 3 atom stereocenters. The Labute approximate surface area is 216 Å². The Kier molecular flexibility index (Phi) is 8.37. The summed E-state index contributed by atoms with van der Waals surface area (Å²) in [6.07, 6.45) is 3.49. The van der Waals surface area contributed by atoms with E-state index in [0.29, 0.717) is 35.7 Å². The van der Waals surface area contributed by atoms with Gasteiger partial charge in [0.1, 0.15) is 11.4 Å². The first-order valence-electron chi connectivity index (χ1n) is 12.7. The lowest BCUT2D eigenvalue weighted by Gasteiger charge is -2.27. The van der Waals surface area contributed by atoms with Crippen molar-refractivity contribution < 1.29 is 19.4 Å². The monoisotopic (exact) mass is 506 g/mol.